The van der Waals surface area contributed by atoms with Crippen LogP contribution in [-0.4, -0.2) is 55.7 Å². The molecule has 0 aliphatic carbocycles. The second kappa shape index (κ2) is 8.71. The summed E-state index contributed by atoms with van der Waals surface area (Å²) in [6, 6.07) is 6.89. The molecule has 2 aliphatic heterocycles. The van der Waals surface area contributed by atoms with Gasteiger partial charge < -0.3 is 24.1 Å². The summed E-state index contributed by atoms with van der Waals surface area (Å²) in [6.07, 6.45) is 4.97. The van der Waals surface area contributed by atoms with E-state index < -0.39 is 11.9 Å². The molecule has 1 N–H and O–H groups in total. The minimum Gasteiger partial charge on any atom is -0.444 e. The first-order valence-electron chi connectivity index (χ1n) is 12.4. The molecular weight excluding hydrogens is 496 g/mol. The van der Waals surface area contributed by atoms with E-state index in [0.717, 1.165) is 34.9 Å². The number of fused-ring (bicyclic) bond motifs is 2. The monoisotopic (exact) mass is 523 g/mol. The van der Waals surface area contributed by atoms with Crippen molar-refractivity contribution in [2.45, 2.75) is 51.6 Å². The summed E-state index contributed by atoms with van der Waals surface area (Å²) in [7, 11) is 0. The van der Waals surface area contributed by atoms with Crippen LogP contribution < -0.4 is 9.47 Å². The van der Waals surface area contributed by atoms with Crippen LogP contribution in [0.15, 0.2) is 49.1 Å². The lowest BCUT2D eigenvalue weighted by Gasteiger charge is -2.33. The second-order valence-electron chi connectivity index (χ2n) is 10.6. The smallest absolute Gasteiger partial charge is 0.444 e. The van der Waals surface area contributed by atoms with Crippen LogP contribution in [0, 0.1) is 0 Å². The number of likely N-dealkylation sites (tertiary alicyclic amines) is 1. The van der Waals surface area contributed by atoms with Crippen molar-refractivity contribution >= 4 is 17.1 Å². The van der Waals surface area contributed by atoms with Crippen molar-refractivity contribution in [3.05, 3.63) is 49.1 Å². The Morgan fingerprint density at radius 2 is 1.84 bits per heavy atom. The quantitative estimate of drug-likeness (QED) is 0.355. The van der Waals surface area contributed by atoms with Gasteiger partial charge in [-0.15, -0.1) is 8.78 Å². The molecule has 9 nitrogen and oxygen atoms in total. The fraction of sp³-hybridized carbons (Fsp3) is 0.370. The van der Waals surface area contributed by atoms with Crippen LogP contribution in [0.4, 0.5) is 13.6 Å². The SMILES string of the molecule is CC(C)(C)OC(=O)N1CCC(n2cc(-c3cnc4[nH]cc(-c5ccc6c(c5)OC(F)(F)O6)c4c3)cn2)CC1. The molecule has 11 heteroatoms. The number of alkyl halides is 2. The highest BCUT2D eigenvalue weighted by Gasteiger charge is 2.43. The zero-order valence-corrected chi connectivity index (χ0v) is 21.2. The first-order valence-corrected chi connectivity index (χ1v) is 12.4. The molecule has 0 saturated carbocycles. The van der Waals surface area contributed by atoms with Gasteiger partial charge in [0.05, 0.1) is 12.2 Å². The van der Waals surface area contributed by atoms with Crippen molar-refractivity contribution in [1.82, 2.24) is 24.6 Å². The number of carbonyl (C=O) groups is 1. The molecule has 0 radical (unpaired) electrons. The Balaban J connectivity index is 1.20. The van der Waals surface area contributed by atoms with Crippen molar-refractivity contribution in [2.24, 2.45) is 0 Å². The second-order valence-corrected chi connectivity index (χ2v) is 10.6. The minimum atomic E-state index is -3.66. The molecule has 38 heavy (non-hydrogen) atoms. The van der Waals surface area contributed by atoms with Crippen LogP contribution in [0.25, 0.3) is 33.3 Å². The molecule has 1 saturated heterocycles. The highest BCUT2D eigenvalue weighted by molar-refractivity contribution is 5.96. The van der Waals surface area contributed by atoms with Crippen LogP contribution in [-0.2, 0) is 4.74 Å². The normalized spacial score (nSPS) is 17.2. The summed E-state index contributed by atoms with van der Waals surface area (Å²) < 4.78 is 43.5. The first-order chi connectivity index (χ1) is 18.0. The third kappa shape index (κ3) is 4.64. The number of rotatable bonds is 3. The van der Waals surface area contributed by atoms with Gasteiger partial charge in [0.25, 0.3) is 0 Å². The van der Waals surface area contributed by atoms with Crippen LogP contribution >= 0.6 is 0 Å². The Bertz CT molecular complexity index is 1520. The largest absolute Gasteiger partial charge is 0.586 e. The van der Waals surface area contributed by atoms with Gasteiger partial charge in [0.2, 0.25) is 0 Å². The van der Waals surface area contributed by atoms with Crippen molar-refractivity contribution < 1.29 is 27.8 Å². The number of carbonyl (C=O) groups excluding carboxylic acids is 1. The lowest BCUT2D eigenvalue weighted by atomic mass is 10.0. The van der Waals surface area contributed by atoms with E-state index in [0.29, 0.717) is 24.3 Å². The minimum absolute atomic E-state index is 0.00162. The zero-order chi connectivity index (χ0) is 26.7. The van der Waals surface area contributed by atoms with E-state index in [4.69, 9.17) is 4.74 Å². The van der Waals surface area contributed by atoms with Gasteiger partial charge in [-0.2, -0.15) is 5.10 Å². The van der Waals surface area contributed by atoms with E-state index >= 15 is 0 Å². The predicted molar refractivity (Wildman–Crippen MR) is 135 cm³/mol. The van der Waals surface area contributed by atoms with E-state index in [-0.39, 0.29) is 23.6 Å². The fourth-order valence-corrected chi connectivity index (χ4v) is 4.84. The summed E-state index contributed by atoms with van der Waals surface area (Å²) in [6.45, 7) is 6.80. The third-order valence-corrected chi connectivity index (χ3v) is 6.67. The number of piperidine rings is 1. The molecule has 2 aliphatic rings. The molecule has 1 aromatic carbocycles. The van der Waals surface area contributed by atoms with Gasteiger partial charge in [-0.3, -0.25) is 4.68 Å². The van der Waals surface area contributed by atoms with Crippen LogP contribution in [0.2, 0.25) is 0 Å². The van der Waals surface area contributed by atoms with E-state index in [1.165, 1.54) is 12.1 Å². The number of nitrogens with zero attached hydrogens (tertiary/aromatic N) is 4. The molecule has 5 heterocycles. The standard InChI is InChI=1S/C27H27F2N5O4/c1-26(2,3)38-25(35)33-8-6-19(7-9-33)34-15-18(13-32-34)17-10-20-21(14-31-24(20)30-12-17)16-4-5-22-23(11-16)37-27(28,29)36-22/h4-5,10-15,19H,6-9H2,1-3H3,(H,30,31). The maximum atomic E-state index is 13.5. The van der Waals surface area contributed by atoms with Crippen molar-refractivity contribution in [1.29, 1.82) is 0 Å². The Hall–Kier alpha value is -4.15. The number of hydrogen-bond donors (Lipinski definition) is 1. The fourth-order valence-electron chi connectivity index (χ4n) is 4.84. The molecule has 1 fully saturated rings. The average Bonchev–Trinajstić information content (AvgIpc) is 3.58. The van der Waals surface area contributed by atoms with Crippen LogP contribution in [0.1, 0.15) is 39.7 Å². The summed E-state index contributed by atoms with van der Waals surface area (Å²) >= 11 is 0. The van der Waals surface area contributed by atoms with Crippen molar-refractivity contribution in [2.75, 3.05) is 13.1 Å². The molecule has 0 bridgehead atoms. The molecular formula is C27H27F2N5O4. The highest BCUT2D eigenvalue weighted by Crippen LogP contribution is 2.44. The van der Waals surface area contributed by atoms with Gasteiger partial charge in [-0.25, -0.2) is 9.78 Å². The predicted octanol–water partition coefficient (Wildman–Crippen LogP) is 5.99. The van der Waals surface area contributed by atoms with Crippen molar-refractivity contribution in [3.8, 4) is 33.8 Å². The molecule has 0 atom stereocenters. The Morgan fingerprint density at radius 3 is 2.61 bits per heavy atom. The number of hydrogen-bond acceptors (Lipinski definition) is 6. The van der Waals surface area contributed by atoms with E-state index in [2.05, 4.69) is 24.5 Å². The third-order valence-electron chi connectivity index (χ3n) is 6.67. The summed E-state index contributed by atoms with van der Waals surface area (Å²) in [5, 5.41) is 5.43. The van der Waals surface area contributed by atoms with Crippen molar-refractivity contribution in [3.63, 3.8) is 0 Å². The number of amides is 1. The Labute approximate surface area is 217 Å². The molecule has 0 spiro atoms. The van der Waals surface area contributed by atoms with Gasteiger partial charge >= 0.3 is 12.4 Å². The van der Waals surface area contributed by atoms with Gasteiger partial charge in [-0.1, -0.05) is 6.07 Å². The maximum Gasteiger partial charge on any atom is 0.586 e. The highest BCUT2D eigenvalue weighted by atomic mass is 19.3. The van der Waals surface area contributed by atoms with E-state index in [9.17, 15) is 13.6 Å². The topological polar surface area (TPSA) is 94.5 Å². The lowest BCUT2D eigenvalue weighted by Crippen LogP contribution is -2.42. The number of nitrogens with one attached hydrogen (secondary N) is 1. The maximum absolute atomic E-state index is 13.5. The van der Waals surface area contributed by atoms with Gasteiger partial charge in [0.1, 0.15) is 11.2 Å². The molecule has 198 valence electrons. The number of benzene rings is 1. The Kier molecular flexibility index (Phi) is 5.55. The summed E-state index contributed by atoms with van der Waals surface area (Å²) in [5.74, 6) is -0.00768. The summed E-state index contributed by atoms with van der Waals surface area (Å²) in [4.78, 5) is 21.8. The molecule has 6 rings (SSSR count). The van der Waals surface area contributed by atoms with Crippen LogP contribution in [0.3, 0.4) is 0 Å². The molecule has 0 unspecified atom stereocenters. The molecule has 1 amide bonds. The number of aromatic nitrogens is 4. The first kappa shape index (κ1) is 24.2. The zero-order valence-electron chi connectivity index (χ0n) is 21.2. The van der Waals surface area contributed by atoms with Gasteiger partial charge in [-0.05, 0) is 57.4 Å². The number of ether oxygens (including phenoxy) is 3. The number of halogens is 2. The van der Waals surface area contributed by atoms with Crippen LogP contribution in [0.5, 0.6) is 11.5 Å². The average molecular weight is 524 g/mol. The molecule has 4 aromatic rings. The van der Waals surface area contributed by atoms with E-state index in [1.54, 1.807) is 29.6 Å². The number of H-pyrrole nitrogens is 1. The number of aromatic amines is 1. The lowest BCUT2D eigenvalue weighted by molar-refractivity contribution is -0.286. The molecule has 3 aromatic heterocycles. The number of pyridine rings is 1. The Morgan fingerprint density at radius 1 is 1.08 bits per heavy atom. The van der Waals surface area contributed by atoms with Gasteiger partial charge in [0.15, 0.2) is 11.5 Å². The summed E-state index contributed by atoms with van der Waals surface area (Å²) in [5.41, 5.74) is 3.44. The van der Waals surface area contributed by atoms with Gasteiger partial charge in [0, 0.05) is 53.8 Å². The van der Waals surface area contributed by atoms with E-state index in [1.807, 2.05) is 37.7 Å².